The fraction of sp³-hybridized carbons (Fsp3) is 0.533. The minimum atomic E-state index is -0.791. The lowest BCUT2D eigenvalue weighted by atomic mass is 10.0. The maximum atomic E-state index is 13.8. The monoisotopic (exact) mass is 282 g/mol. The summed E-state index contributed by atoms with van der Waals surface area (Å²) in [6.07, 6.45) is 1.91. The van der Waals surface area contributed by atoms with Crippen molar-refractivity contribution in [1.29, 1.82) is 0 Å². The van der Waals surface area contributed by atoms with Crippen molar-refractivity contribution in [3.8, 4) is 0 Å². The molecule has 0 aromatic heterocycles. The first kappa shape index (κ1) is 14.9. The summed E-state index contributed by atoms with van der Waals surface area (Å²) >= 11 is 0. The van der Waals surface area contributed by atoms with E-state index in [2.05, 4.69) is 5.32 Å². The van der Waals surface area contributed by atoms with Crippen LogP contribution in [-0.2, 0) is 0 Å². The highest BCUT2D eigenvalue weighted by molar-refractivity contribution is 5.95. The molecule has 1 aliphatic heterocycles. The van der Waals surface area contributed by atoms with Crippen molar-refractivity contribution < 1.29 is 13.6 Å². The molecule has 2 rings (SSSR count). The molecule has 3 nitrogen and oxygen atoms in total. The first-order chi connectivity index (χ1) is 9.54. The zero-order valence-electron chi connectivity index (χ0n) is 11.9. The standard InChI is InChI=1S/C15H20F2N2O/c1-3-19(11-5-4-6-18-9-11)15(20)12-7-10(2)13(16)8-14(12)17/h7-8,11,18H,3-6,9H2,1-2H3. The van der Waals surface area contributed by atoms with Crippen molar-refractivity contribution in [2.75, 3.05) is 19.6 Å². The van der Waals surface area contributed by atoms with Gasteiger partial charge in [-0.05, 0) is 44.9 Å². The third-order valence-corrected chi connectivity index (χ3v) is 3.79. The highest BCUT2D eigenvalue weighted by Gasteiger charge is 2.27. The van der Waals surface area contributed by atoms with Gasteiger partial charge in [0.1, 0.15) is 11.6 Å². The lowest BCUT2D eigenvalue weighted by Gasteiger charge is -2.34. The molecule has 1 heterocycles. The number of nitrogens with zero attached hydrogens (tertiary/aromatic N) is 1. The number of likely N-dealkylation sites (N-methyl/N-ethyl adjacent to an activating group) is 1. The average Bonchev–Trinajstić information content (AvgIpc) is 2.44. The third kappa shape index (κ3) is 2.98. The van der Waals surface area contributed by atoms with Gasteiger partial charge in [-0.2, -0.15) is 0 Å². The van der Waals surface area contributed by atoms with Crippen LogP contribution in [0.2, 0.25) is 0 Å². The van der Waals surface area contributed by atoms with Crippen LogP contribution >= 0.6 is 0 Å². The Morgan fingerprint density at radius 2 is 2.15 bits per heavy atom. The highest BCUT2D eigenvalue weighted by Crippen LogP contribution is 2.19. The van der Waals surface area contributed by atoms with Gasteiger partial charge in [0.05, 0.1) is 5.56 Å². The molecule has 1 aliphatic rings. The molecule has 0 bridgehead atoms. The molecule has 0 saturated carbocycles. The summed E-state index contributed by atoms with van der Waals surface area (Å²) in [5.41, 5.74) is 0.240. The van der Waals surface area contributed by atoms with Crippen LogP contribution in [0, 0.1) is 18.6 Å². The predicted octanol–water partition coefficient (Wildman–Crippen LogP) is 2.49. The number of carbonyl (C=O) groups excluding carboxylic acids is 1. The number of nitrogens with one attached hydrogen (secondary N) is 1. The van der Waals surface area contributed by atoms with Crippen LogP contribution in [0.25, 0.3) is 0 Å². The van der Waals surface area contributed by atoms with Crippen molar-refractivity contribution in [1.82, 2.24) is 10.2 Å². The number of rotatable bonds is 3. The molecule has 0 aliphatic carbocycles. The van der Waals surface area contributed by atoms with Gasteiger partial charge >= 0.3 is 0 Å². The van der Waals surface area contributed by atoms with Crippen LogP contribution in [0.3, 0.4) is 0 Å². The first-order valence-corrected chi connectivity index (χ1v) is 7.02. The minimum Gasteiger partial charge on any atom is -0.335 e. The maximum Gasteiger partial charge on any atom is 0.257 e. The Morgan fingerprint density at radius 3 is 2.75 bits per heavy atom. The molecule has 1 unspecified atom stereocenters. The smallest absolute Gasteiger partial charge is 0.257 e. The van der Waals surface area contributed by atoms with E-state index in [-0.39, 0.29) is 23.1 Å². The van der Waals surface area contributed by atoms with Gasteiger partial charge in [0.25, 0.3) is 5.91 Å². The van der Waals surface area contributed by atoms with E-state index < -0.39 is 11.6 Å². The molecule has 1 saturated heterocycles. The van der Waals surface area contributed by atoms with Crippen LogP contribution in [0.4, 0.5) is 8.78 Å². The Labute approximate surface area is 118 Å². The summed E-state index contributed by atoms with van der Waals surface area (Å²) in [6.45, 7) is 5.60. The highest BCUT2D eigenvalue weighted by atomic mass is 19.1. The van der Waals surface area contributed by atoms with E-state index in [1.165, 1.54) is 13.0 Å². The molecule has 1 N–H and O–H groups in total. The van der Waals surface area contributed by atoms with Gasteiger partial charge in [-0.1, -0.05) is 0 Å². The van der Waals surface area contributed by atoms with Crippen LogP contribution in [0.1, 0.15) is 35.7 Å². The SMILES string of the molecule is CCN(C(=O)c1cc(C)c(F)cc1F)C1CCCNC1. The molecule has 20 heavy (non-hydrogen) atoms. The average molecular weight is 282 g/mol. The van der Waals surface area contributed by atoms with E-state index in [9.17, 15) is 13.6 Å². The summed E-state index contributed by atoms with van der Waals surface area (Å²) in [5.74, 6) is -1.77. The Kier molecular flexibility index (Phi) is 4.70. The number of piperidine rings is 1. The van der Waals surface area contributed by atoms with Gasteiger partial charge in [0.2, 0.25) is 0 Å². The summed E-state index contributed by atoms with van der Waals surface area (Å²) in [6, 6.07) is 2.16. The van der Waals surface area contributed by atoms with Gasteiger partial charge in [-0.3, -0.25) is 4.79 Å². The van der Waals surface area contributed by atoms with Crippen LogP contribution in [0.5, 0.6) is 0 Å². The Bertz CT molecular complexity index is 499. The van der Waals surface area contributed by atoms with Crippen molar-refractivity contribution in [2.24, 2.45) is 0 Å². The predicted molar refractivity (Wildman–Crippen MR) is 73.7 cm³/mol. The normalized spacial score (nSPS) is 18.9. The second kappa shape index (κ2) is 6.31. The lowest BCUT2D eigenvalue weighted by molar-refractivity contribution is 0.0657. The van der Waals surface area contributed by atoms with Crippen molar-refractivity contribution in [3.63, 3.8) is 0 Å². The minimum absolute atomic E-state index is 0.0451. The lowest BCUT2D eigenvalue weighted by Crippen LogP contribution is -2.48. The topological polar surface area (TPSA) is 32.3 Å². The van der Waals surface area contributed by atoms with Gasteiger partial charge < -0.3 is 10.2 Å². The summed E-state index contributed by atoms with van der Waals surface area (Å²) in [5, 5.41) is 3.24. The Morgan fingerprint density at radius 1 is 1.40 bits per heavy atom. The Balaban J connectivity index is 2.26. The number of benzene rings is 1. The molecule has 110 valence electrons. The van der Waals surface area contributed by atoms with Gasteiger partial charge in [0, 0.05) is 25.2 Å². The van der Waals surface area contributed by atoms with Gasteiger partial charge in [0.15, 0.2) is 0 Å². The molecule has 1 aromatic carbocycles. The number of carbonyl (C=O) groups is 1. The molecule has 0 spiro atoms. The molecule has 1 atom stereocenters. The zero-order valence-corrected chi connectivity index (χ0v) is 11.9. The van der Waals surface area contributed by atoms with Crippen LogP contribution in [-0.4, -0.2) is 36.5 Å². The van der Waals surface area contributed by atoms with E-state index in [1.807, 2.05) is 6.92 Å². The first-order valence-electron chi connectivity index (χ1n) is 7.02. The molecule has 1 fully saturated rings. The van der Waals surface area contributed by atoms with Crippen molar-refractivity contribution in [3.05, 3.63) is 34.9 Å². The van der Waals surface area contributed by atoms with Gasteiger partial charge in [-0.15, -0.1) is 0 Å². The fourth-order valence-electron chi connectivity index (χ4n) is 2.64. The third-order valence-electron chi connectivity index (χ3n) is 3.79. The van der Waals surface area contributed by atoms with Crippen molar-refractivity contribution in [2.45, 2.75) is 32.7 Å². The molecule has 5 heteroatoms. The van der Waals surface area contributed by atoms with Gasteiger partial charge in [-0.25, -0.2) is 8.78 Å². The number of hydrogen-bond donors (Lipinski definition) is 1. The molecule has 1 amide bonds. The second-order valence-electron chi connectivity index (χ2n) is 5.17. The van der Waals surface area contributed by atoms with Crippen molar-refractivity contribution >= 4 is 5.91 Å². The summed E-state index contributed by atoms with van der Waals surface area (Å²) in [7, 11) is 0. The van der Waals surface area contributed by atoms with E-state index in [4.69, 9.17) is 0 Å². The summed E-state index contributed by atoms with van der Waals surface area (Å²) in [4.78, 5) is 14.2. The number of aryl methyl sites for hydroxylation is 1. The number of amides is 1. The molecule has 0 radical (unpaired) electrons. The van der Waals surface area contributed by atoms with E-state index in [1.54, 1.807) is 4.90 Å². The summed E-state index contributed by atoms with van der Waals surface area (Å²) < 4.78 is 27.1. The molecular weight excluding hydrogens is 262 g/mol. The maximum absolute atomic E-state index is 13.8. The second-order valence-corrected chi connectivity index (χ2v) is 5.17. The van der Waals surface area contributed by atoms with E-state index >= 15 is 0 Å². The van der Waals surface area contributed by atoms with Crippen LogP contribution < -0.4 is 5.32 Å². The van der Waals surface area contributed by atoms with Crippen LogP contribution in [0.15, 0.2) is 12.1 Å². The van der Waals surface area contributed by atoms with E-state index in [0.717, 1.165) is 32.0 Å². The number of halogens is 2. The zero-order chi connectivity index (χ0) is 14.7. The Hall–Kier alpha value is -1.49. The van der Waals surface area contributed by atoms with E-state index in [0.29, 0.717) is 6.54 Å². The molecule has 1 aromatic rings. The largest absolute Gasteiger partial charge is 0.335 e. The number of hydrogen-bond acceptors (Lipinski definition) is 2. The molecular formula is C15H20F2N2O. The quantitative estimate of drug-likeness (QED) is 0.924. The fourth-order valence-corrected chi connectivity index (χ4v) is 2.64.